The summed E-state index contributed by atoms with van der Waals surface area (Å²) in [6, 6.07) is 6.76. The Labute approximate surface area is 129 Å². The molecule has 114 valence electrons. The van der Waals surface area contributed by atoms with Crippen LogP contribution in [0, 0.1) is 20.8 Å². The van der Waals surface area contributed by atoms with Crippen molar-refractivity contribution in [3.05, 3.63) is 52.6 Å². The molecule has 0 saturated carbocycles. The van der Waals surface area contributed by atoms with E-state index in [2.05, 4.69) is 9.97 Å². The van der Waals surface area contributed by atoms with Gasteiger partial charge in [0, 0.05) is 5.56 Å². The minimum atomic E-state index is -0.524. The van der Waals surface area contributed by atoms with Crippen molar-refractivity contribution in [2.45, 2.75) is 20.8 Å². The number of esters is 1. The van der Waals surface area contributed by atoms with Crippen LogP contribution in [0.15, 0.2) is 24.3 Å². The fraction of sp³-hybridized carbons (Fsp3) is 0.235. The molecule has 0 amide bonds. The summed E-state index contributed by atoms with van der Waals surface area (Å²) in [6.07, 6.45) is 1.56. The Kier molecular flexibility index (Phi) is 4.56. The van der Waals surface area contributed by atoms with E-state index in [1.54, 1.807) is 37.3 Å². The molecule has 2 rings (SSSR count). The standard InChI is InChI=1S/C17H18N2O3/c1-10-11(2)19-16(12(3)18-10)14(17(21)22-4)9-13-7-5-6-8-15(13)20/h5-9,20H,1-4H3/b14-9+. The zero-order valence-corrected chi connectivity index (χ0v) is 13.0. The molecular weight excluding hydrogens is 280 g/mol. The maximum Gasteiger partial charge on any atom is 0.340 e. The van der Waals surface area contributed by atoms with Crippen molar-refractivity contribution in [3.63, 3.8) is 0 Å². The number of aromatic hydroxyl groups is 1. The Bertz CT molecular complexity index is 752. The van der Waals surface area contributed by atoms with Crippen molar-refractivity contribution in [2.24, 2.45) is 0 Å². The molecule has 1 N–H and O–H groups in total. The lowest BCUT2D eigenvalue weighted by Gasteiger charge is -2.11. The molecule has 1 heterocycles. The van der Waals surface area contributed by atoms with Crippen LogP contribution < -0.4 is 0 Å². The van der Waals surface area contributed by atoms with Crippen LogP contribution in [0.25, 0.3) is 11.6 Å². The van der Waals surface area contributed by atoms with Gasteiger partial charge in [0.15, 0.2) is 0 Å². The van der Waals surface area contributed by atoms with Gasteiger partial charge in [0.1, 0.15) is 5.75 Å². The van der Waals surface area contributed by atoms with E-state index in [-0.39, 0.29) is 11.3 Å². The van der Waals surface area contributed by atoms with E-state index in [9.17, 15) is 9.90 Å². The maximum atomic E-state index is 12.1. The van der Waals surface area contributed by atoms with Gasteiger partial charge >= 0.3 is 5.97 Å². The molecule has 0 aliphatic heterocycles. The van der Waals surface area contributed by atoms with Crippen molar-refractivity contribution >= 4 is 17.6 Å². The van der Waals surface area contributed by atoms with Gasteiger partial charge in [-0.2, -0.15) is 0 Å². The third-order valence-corrected chi connectivity index (χ3v) is 3.38. The van der Waals surface area contributed by atoms with Crippen molar-refractivity contribution < 1.29 is 14.6 Å². The Balaban J connectivity index is 2.65. The van der Waals surface area contributed by atoms with E-state index in [0.29, 0.717) is 17.0 Å². The number of aromatic nitrogens is 2. The van der Waals surface area contributed by atoms with Crippen LogP contribution >= 0.6 is 0 Å². The normalized spacial score (nSPS) is 11.4. The number of ether oxygens (including phenoxy) is 1. The lowest BCUT2D eigenvalue weighted by molar-refractivity contribution is -0.133. The highest BCUT2D eigenvalue weighted by atomic mass is 16.5. The smallest absolute Gasteiger partial charge is 0.340 e. The van der Waals surface area contributed by atoms with E-state index < -0.39 is 5.97 Å². The molecule has 0 saturated heterocycles. The third-order valence-electron chi connectivity index (χ3n) is 3.38. The Hall–Kier alpha value is -2.69. The molecule has 5 heteroatoms. The second-order valence-corrected chi connectivity index (χ2v) is 4.94. The fourth-order valence-corrected chi connectivity index (χ4v) is 2.07. The lowest BCUT2D eigenvalue weighted by Crippen LogP contribution is -2.10. The van der Waals surface area contributed by atoms with E-state index in [1.165, 1.54) is 7.11 Å². The number of hydrogen-bond acceptors (Lipinski definition) is 5. The summed E-state index contributed by atoms with van der Waals surface area (Å²) in [5.74, 6) is -0.442. The summed E-state index contributed by atoms with van der Waals surface area (Å²) >= 11 is 0. The SMILES string of the molecule is COC(=O)/C(=C/c1ccccc1O)c1nc(C)c(C)nc1C. The molecule has 0 spiro atoms. The van der Waals surface area contributed by atoms with Crippen LogP contribution in [-0.4, -0.2) is 28.2 Å². The molecule has 2 aromatic rings. The summed E-state index contributed by atoms with van der Waals surface area (Å²) in [6.45, 7) is 5.49. The van der Waals surface area contributed by atoms with Gasteiger partial charge in [-0.3, -0.25) is 4.98 Å². The van der Waals surface area contributed by atoms with Crippen LogP contribution in [0.1, 0.15) is 28.3 Å². The molecule has 0 fully saturated rings. The lowest BCUT2D eigenvalue weighted by atomic mass is 10.1. The predicted molar refractivity (Wildman–Crippen MR) is 84.2 cm³/mol. The van der Waals surface area contributed by atoms with Gasteiger partial charge in [-0.15, -0.1) is 0 Å². The van der Waals surface area contributed by atoms with Crippen LogP contribution in [0.2, 0.25) is 0 Å². The van der Waals surface area contributed by atoms with E-state index >= 15 is 0 Å². The van der Waals surface area contributed by atoms with Gasteiger partial charge < -0.3 is 9.84 Å². The minimum Gasteiger partial charge on any atom is -0.507 e. The largest absolute Gasteiger partial charge is 0.507 e. The summed E-state index contributed by atoms with van der Waals surface area (Å²) in [7, 11) is 1.31. The molecule has 1 aromatic carbocycles. The number of para-hydroxylation sites is 1. The average molecular weight is 298 g/mol. The third kappa shape index (κ3) is 3.14. The van der Waals surface area contributed by atoms with Crippen molar-refractivity contribution in [3.8, 4) is 5.75 Å². The zero-order valence-electron chi connectivity index (χ0n) is 13.0. The molecule has 22 heavy (non-hydrogen) atoms. The number of nitrogens with zero attached hydrogens (tertiary/aromatic N) is 2. The van der Waals surface area contributed by atoms with Gasteiger partial charge in [-0.25, -0.2) is 9.78 Å². The summed E-state index contributed by atoms with van der Waals surface area (Å²) in [5, 5.41) is 9.90. The monoisotopic (exact) mass is 298 g/mol. The Morgan fingerprint density at radius 3 is 2.36 bits per heavy atom. The molecule has 0 unspecified atom stereocenters. The predicted octanol–water partition coefficient (Wildman–Crippen LogP) is 2.82. The Morgan fingerprint density at radius 2 is 1.73 bits per heavy atom. The molecule has 0 bridgehead atoms. The quantitative estimate of drug-likeness (QED) is 0.697. The number of benzene rings is 1. The van der Waals surface area contributed by atoms with Gasteiger partial charge in [-0.1, -0.05) is 18.2 Å². The fourth-order valence-electron chi connectivity index (χ4n) is 2.07. The Morgan fingerprint density at radius 1 is 1.09 bits per heavy atom. The number of phenolic OH excluding ortho intramolecular Hbond substituents is 1. The van der Waals surface area contributed by atoms with Crippen LogP contribution in [0.5, 0.6) is 5.75 Å². The topological polar surface area (TPSA) is 72.3 Å². The number of rotatable bonds is 3. The first-order valence-corrected chi connectivity index (χ1v) is 6.84. The van der Waals surface area contributed by atoms with Crippen molar-refractivity contribution in [1.29, 1.82) is 0 Å². The highest BCUT2D eigenvalue weighted by Gasteiger charge is 2.19. The van der Waals surface area contributed by atoms with Crippen molar-refractivity contribution in [1.82, 2.24) is 9.97 Å². The van der Waals surface area contributed by atoms with E-state index in [1.807, 2.05) is 13.8 Å². The number of phenols is 1. The number of methoxy groups -OCH3 is 1. The summed E-state index contributed by atoms with van der Waals surface area (Å²) in [4.78, 5) is 21.0. The van der Waals surface area contributed by atoms with Gasteiger partial charge in [-0.05, 0) is 32.9 Å². The van der Waals surface area contributed by atoms with Crippen LogP contribution in [-0.2, 0) is 9.53 Å². The number of carbonyl (C=O) groups excluding carboxylic acids is 1. The first-order chi connectivity index (χ1) is 10.4. The molecule has 0 radical (unpaired) electrons. The van der Waals surface area contributed by atoms with Crippen LogP contribution in [0.3, 0.4) is 0 Å². The molecule has 1 aromatic heterocycles. The van der Waals surface area contributed by atoms with Gasteiger partial charge in [0.2, 0.25) is 0 Å². The van der Waals surface area contributed by atoms with Crippen molar-refractivity contribution in [2.75, 3.05) is 7.11 Å². The highest BCUT2D eigenvalue weighted by Crippen LogP contribution is 2.25. The van der Waals surface area contributed by atoms with Gasteiger partial charge in [0.25, 0.3) is 0 Å². The average Bonchev–Trinajstić information content (AvgIpc) is 2.50. The number of carbonyl (C=O) groups is 1. The molecule has 5 nitrogen and oxygen atoms in total. The first-order valence-electron chi connectivity index (χ1n) is 6.84. The second-order valence-electron chi connectivity index (χ2n) is 4.94. The minimum absolute atomic E-state index is 0.0818. The summed E-state index contributed by atoms with van der Waals surface area (Å²) in [5.41, 5.74) is 3.42. The van der Waals surface area contributed by atoms with E-state index in [0.717, 1.165) is 11.4 Å². The number of aryl methyl sites for hydroxylation is 3. The maximum absolute atomic E-state index is 12.1. The molecule has 0 aliphatic carbocycles. The zero-order chi connectivity index (χ0) is 16.3. The molecule has 0 atom stereocenters. The molecule has 0 aliphatic rings. The highest BCUT2D eigenvalue weighted by molar-refractivity contribution is 6.21. The van der Waals surface area contributed by atoms with Gasteiger partial charge in [0.05, 0.1) is 35.5 Å². The molecular formula is C17H18N2O3. The second kappa shape index (κ2) is 6.39. The van der Waals surface area contributed by atoms with Crippen LogP contribution in [0.4, 0.5) is 0 Å². The van der Waals surface area contributed by atoms with E-state index in [4.69, 9.17) is 4.74 Å². The first kappa shape index (κ1) is 15.7. The number of hydrogen-bond donors (Lipinski definition) is 1. The summed E-state index contributed by atoms with van der Waals surface area (Å²) < 4.78 is 4.85.